The van der Waals surface area contributed by atoms with E-state index in [1.54, 1.807) is 0 Å². The fourth-order valence-electron chi connectivity index (χ4n) is 2.67. The number of piperidine rings is 1. The lowest BCUT2D eigenvalue weighted by molar-refractivity contribution is 0.455. The van der Waals surface area contributed by atoms with E-state index in [9.17, 15) is 0 Å². The van der Waals surface area contributed by atoms with E-state index >= 15 is 0 Å². The minimum atomic E-state index is 0.617. The van der Waals surface area contributed by atoms with Crippen LogP contribution >= 0.6 is 15.9 Å². The molecule has 1 unspecified atom stereocenters. The Labute approximate surface area is 110 Å². The Kier molecular flexibility index (Phi) is 2.97. The van der Waals surface area contributed by atoms with E-state index in [2.05, 4.69) is 51.4 Å². The lowest BCUT2D eigenvalue weighted by Gasteiger charge is -2.22. The van der Waals surface area contributed by atoms with Crippen LogP contribution in [-0.4, -0.2) is 18.1 Å². The highest BCUT2D eigenvalue weighted by atomic mass is 79.9. The predicted octanol–water partition coefficient (Wildman–Crippen LogP) is 3.71. The molecule has 2 N–H and O–H groups in total. The summed E-state index contributed by atoms with van der Waals surface area (Å²) in [6, 6.07) is 6.58. The van der Waals surface area contributed by atoms with Crippen molar-refractivity contribution >= 4 is 26.8 Å². The molecule has 0 saturated carbocycles. The summed E-state index contributed by atoms with van der Waals surface area (Å²) in [5, 5.41) is 4.79. The van der Waals surface area contributed by atoms with E-state index in [0.717, 1.165) is 13.1 Å². The van der Waals surface area contributed by atoms with Crippen molar-refractivity contribution in [2.24, 2.45) is 0 Å². The topological polar surface area (TPSA) is 27.8 Å². The molecule has 0 bridgehead atoms. The van der Waals surface area contributed by atoms with Gasteiger partial charge in [-0.1, -0.05) is 11.6 Å². The van der Waals surface area contributed by atoms with Gasteiger partial charge in [0, 0.05) is 33.5 Å². The number of hydrogen-bond donors (Lipinski definition) is 2. The number of aromatic amines is 1. The van der Waals surface area contributed by atoms with Gasteiger partial charge < -0.3 is 10.3 Å². The monoisotopic (exact) mass is 292 g/mol. The zero-order valence-electron chi connectivity index (χ0n) is 10.0. The lowest BCUT2D eigenvalue weighted by Crippen LogP contribution is -2.28. The first-order valence-corrected chi connectivity index (χ1v) is 7.03. The number of rotatable bonds is 1. The molecular weight excluding hydrogens is 276 g/mol. The van der Waals surface area contributed by atoms with Gasteiger partial charge in [-0.05, 0) is 54.4 Å². The molecule has 1 saturated heterocycles. The number of halogens is 1. The van der Waals surface area contributed by atoms with Gasteiger partial charge in [-0.2, -0.15) is 0 Å². The second kappa shape index (κ2) is 4.46. The Morgan fingerprint density at radius 2 is 2.24 bits per heavy atom. The molecule has 1 aliphatic rings. The molecule has 1 aromatic heterocycles. The van der Waals surface area contributed by atoms with E-state index in [1.165, 1.54) is 39.5 Å². The van der Waals surface area contributed by atoms with Crippen molar-refractivity contribution < 1.29 is 0 Å². The van der Waals surface area contributed by atoms with Crippen LogP contribution < -0.4 is 5.32 Å². The van der Waals surface area contributed by atoms with Gasteiger partial charge in [0.1, 0.15) is 0 Å². The Hall–Kier alpha value is -0.800. The molecule has 90 valence electrons. The lowest BCUT2D eigenvalue weighted by atomic mass is 9.96. The fraction of sp³-hybridized carbons (Fsp3) is 0.429. The second-order valence-electron chi connectivity index (χ2n) is 4.94. The number of aromatic nitrogens is 1. The van der Waals surface area contributed by atoms with Crippen LogP contribution in [0.4, 0.5) is 0 Å². The Morgan fingerprint density at radius 1 is 1.35 bits per heavy atom. The van der Waals surface area contributed by atoms with Crippen molar-refractivity contribution in [1.29, 1.82) is 0 Å². The molecule has 2 aromatic rings. The number of aryl methyl sites for hydroxylation is 1. The number of fused-ring (bicyclic) bond motifs is 1. The summed E-state index contributed by atoms with van der Waals surface area (Å²) < 4.78 is 1.25. The molecule has 17 heavy (non-hydrogen) atoms. The molecule has 3 rings (SSSR count). The van der Waals surface area contributed by atoms with E-state index < -0.39 is 0 Å². The molecule has 0 amide bonds. The third-order valence-electron chi connectivity index (χ3n) is 3.62. The summed E-state index contributed by atoms with van der Waals surface area (Å²) >= 11 is 3.76. The van der Waals surface area contributed by atoms with Gasteiger partial charge in [-0.25, -0.2) is 0 Å². The highest BCUT2D eigenvalue weighted by molar-refractivity contribution is 9.10. The summed E-state index contributed by atoms with van der Waals surface area (Å²) in [5.41, 5.74) is 3.91. The van der Waals surface area contributed by atoms with Gasteiger partial charge in [0.15, 0.2) is 0 Å². The maximum Gasteiger partial charge on any atom is 0.0468 e. The molecular formula is C14H17BrN2. The first-order valence-electron chi connectivity index (χ1n) is 6.24. The Balaban J connectivity index is 2.07. The van der Waals surface area contributed by atoms with Crippen LogP contribution in [0, 0.1) is 6.92 Å². The Bertz CT molecular complexity index is 538. The van der Waals surface area contributed by atoms with Crippen LogP contribution in [0.15, 0.2) is 22.7 Å². The van der Waals surface area contributed by atoms with Crippen LogP contribution in [0.1, 0.15) is 30.0 Å². The third-order valence-corrected chi connectivity index (χ3v) is 4.48. The van der Waals surface area contributed by atoms with Gasteiger partial charge >= 0.3 is 0 Å². The molecule has 1 fully saturated rings. The van der Waals surface area contributed by atoms with E-state index in [1.807, 2.05) is 0 Å². The molecule has 2 nitrogen and oxygen atoms in total. The van der Waals surface area contributed by atoms with Gasteiger partial charge in [-0.3, -0.25) is 0 Å². The molecule has 0 radical (unpaired) electrons. The SMILES string of the molecule is Cc1ccc2[nH]c(C3CCCNC3)c(Br)c2c1. The van der Waals surface area contributed by atoms with Crippen molar-refractivity contribution in [3.63, 3.8) is 0 Å². The van der Waals surface area contributed by atoms with Gasteiger partial charge in [0.05, 0.1) is 0 Å². The summed E-state index contributed by atoms with van der Waals surface area (Å²) in [4.78, 5) is 3.57. The van der Waals surface area contributed by atoms with Crippen molar-refractivity contribution in [2.45, 2.75) is 25.7 Å². The van der Waals surface area contributed by atoms with Crippen molar-refractivity contribution in [2.75, 3.05) is 13.1 Å². The van der Waals surface area contributed by atoms with Gasteiger partial charge in [-0.15, -0.1) is 0 Å². The fourth-order valence-corrected chi connectivity index (χ4v) is 3.42. The standard InChI is InChI=1S/C14H17BrN2/c1-9-4-5-12-11(7-9)13(15)14(17-12)10-3-2-6-16-8-10/h4-5,7,10,16-17H,2-3,6,8H2,1H3. The highest BCUT2D eigenvalue weighted by Crippen LogP contribution is 2.35. The van der Waals surface area contributed by atoms with E-state index in [0.29, 0.717) is 5.92 Å². The summed E-state index contributed by atoms with van der Waals surface area (Å²) in [5.74, 6) is 0.617. The van der Waals surface area contributed by atoms with Crippen LogP contribution in [-0.2, 0) is 0 Å². The number of nitrogens with one attached hydrogen (secondary N) is 2. The van der Waals surface area contributed by atoms with Crippen LogP contribution in [0.5, 0.6) is 0 Å². The van der Waals surface area contributed by atoms with Crippen LogP contribution in [0.2, 0.25) is 0 Å². The third kappa shape index (κ3) is 2.02. The van der Waals surface area contributed by atoms with Crippen LogP contribution in [0.25, 0.3) is 10.9 Å². The minimum absolute atomic E-state index is 0.617. The molecule has 1 aromatic carbocycles. The smallest absolute Gasteiger partial charge is 0.0468 e. The first kappa shape index (κ1) is 11.3. The first-order chi connectivity index (χ1) is 8.25. The average Bonchev–Trinajstić information content (AvgIpc) is 2.68. The molecule has 3 heteroatoms. The van der Waals surface area contributed by atoms with E-state index in [4.69, 9.17) is 0 Å². The average molecular weight is 293 g/mol. The summed E-state index contributed by atoms with van der Waals surface area (Å²) in [6.45, 7) is 4.39. The molecule has 0 aliphatic carbocycles. The largest absolute Gasteiger partial charge is 0.357 e. The molecule has 1 atom stereocenters. The number of H-pyrrole nitrogens is 1. The van der Waals surface area contributed by atoms with Crippen LogP contribution in [0.3, 0.4) is 0 Å². The normalized spacial score (nSPS) is 20.9. The van der Waals surface area contributed by atoms with Crippen molar-refractivity contribution in [3.8, 4) is 0 Å². The summed E-state index contributed by atoms with van der Waals surface area (Å²) in [7, 11) is 0. The van der Waals surface area contributed by atoms with Crippen molar-refractivity contribution in [3.05, 3.63) is 33.9 Å². The Morgan fingerprint density at radius 3 is 3.00 bits per heavy atom. The second-order valence-corrected chi connectivity index (χ2v) is 5.74. The summed E-state index contributed by atoms with van der Waals surface area (Å²) in [6.07, 6.45) is 2.54. The number of hydrogen-bond acceptors (Lipinski definition) is 1. The number of benzene rings is 1. The quantitative estimate of drug-likeness (QED) is 0.824. The molecule has 1 aliphatic heterocycles. The maximum atomic E-state index is 3.76. The maximum absolute atomic E-state index is 3.76. The molecule has 0 spiro atoms. The molecule has 2 heterocycles. The van der Waals surface area contributed by atoms with Crippen molar-refractivity contribution in [1.82, 2.24) is 10.3 Å². The zero-order chi connectivity index (χ0) is 11.8. The highest BCUT2D eigenvalue weighted by Gasteiger charge is 2.20. The predicted molar refractivity (Wildman–Crippen MR) is 75.6 cm³/mol. The minimum Gasteiger partial charge on any atom is -0.357 e. The zero-order valence-corrected chi connectivity index (χ0v) is 11.6. The van der Waals surface area contributed by atoms with Gasteiger partial charge in [0.25, 0.3) is 0 Å². The van der Waals surface area contributed by atoms with E-state index in [-0.39, 0.29) is 0 Å². The van der Waals surface area contributed by atoms with Gasteiger partial charge in [0.2, 0.25) is 0 Å².